The molecule has 0 spiro atoms. The Bertz CT molecular complexity index is 1970. The van der Waals surface area contributed by atoms with Crippen molar-refractivity contribution in [1.82, 2.24) is 19.9 Å². The number of nitrogens with zero attached hydrogens (tertiary/aromatic N) is 4. The van der Waals surface area contributed by atoms with Crippen LogP contribution < -0.4 is 0 Å². The van der Waals surface area contributed by atoms with Gasteiger partial charge < -0.3 is 0 Å². The first-order valence-corrected chi connectivity index (χ1v) is 14.6. The largest absolute Gasteiger partial charge is 0.254 e. The zero-order valence-corrected chi connectivity index (χ0v) is 25.0. The summed E-state index contributed by atoms with van der Waals surface area (Å²) in [6, 6.07) is 30.4. The Hall–Kier alpha value is -4.70. The van der Waals surface area contributed by atoms with Gasteiger partial charge in [-0.3, -0.25) is 9.97 Å². The number of hydrogen-bond acceptors (Lipinski definition) is 4. The molecule has 4 nitrogen and oxygen atoms in total. The van der Waals surface area contributed by atoms with Gasteiger partial charge in [-0.2, -0.15) is 0 Å². The Kier molecular flexibility index (Phi) is 5.88. The van der Waals surface area contributed by atoms with Crippen molar-refractivity contribution in [3.63, 3.8) is 0 Å². The third kappa shape index (κ3) is 4.39. The molecule has 42 heavy (non-hydrogen) atoms. The zero-order chi connectivity index (χ0) is 29.2. The third-order valence-electron chi connectivity index (χ3n) is 8.28. The third-order valence-corrected chi connectivity index (χ3v) is 8.28. The molecule has 7 aromatic rings. The maximum absolute atomic E-state index is 5.25. The second-order valence-corrected chi connectivity index (χ2v) is 13.3. The minimum Gasteiger partial charge on any atom is -0.254 e. The van der Waals surface area contributed by atoms with E-state index in [0.29, 0.717) is 0 Å². The van der Waals surface area contributed by atoms with Gasteiger partial charge in [-0.1, -0.05) is 90.1 Å². The van der Waals surface area contributed by atoms with E-state index in [0.717, 1.165) is 66.1 Å². The van der Waals surface area contributed by atoms with Gasteiger partial charge in [-0.05, 0) is 80.6 Å². The van der Waals surface area contributed by atoms with Crippen LogP contribution in [0.15, 0.2) is 97.3 Å². The molecule has 4 heteroatoms. The molecular weight excluding hydrogens is 512 g/mol. The van der Waals surface area contributed by atoms with E-state index in [2.05, 4.69) is 124 Å². The first kappa shape index (κ1) is 26.2. The van der Waals surface area contributed by atoms with E-state index in [1.54, 1.807) is 0 Å². The summed E-state index contributed by atoms with van der Waals surface area (Å²) in [7, 11) is 0. The smallest absolute Gasteiger partial charge is 0.0996 e. The highest BCUT2D eigenvalue weighted by atomic mass is 14.8. The summed E-state index contributed by atoms with van der Waals surface area (Å²) >= 11 is 0. The Balaban J connectivity index is 1.53. The SMILES string of the molecule is CC(C)(C)c1ccc(-c2cc3nc4c5cccnc5c5ncccc5c4nc3cc2-c2ccc(C(C)(C)C)cc2)cc1. The lowest BCUT2D eigenvalue weighted by Gasteiger charge is -2.21. The van der Waals surface area contributed by atoms with Crippen LogP contribution in [0.3, 0.4) is 0 Å². The summed E-state index contributed by atoms with van der Waals surface area (Å²) in [5.41, 5.74) is 12.5. The predicted octanol–water partition coefficient (Wildman–Crippen LogP) is 9.81. The average molecular weight is 547 g/mol. The number of fused-ring (bicyclic) bond motifs is 7. The Morgan fingerprint density at radius 1 is 0.452 bits per heavy atom. The van der Waals surface area contributed by atoms with Gasteiger partial charge in [0, 0.05) is 23.2 Å². The maximum Gasteiger partial charge on any atom is 0.0996 e. The van der Waals surface area contributed by atoms with Crippen LogP contribution in [0.1, 0.15) is 52.7 Å². The monoisotopic (exact) mass is 546 g/mol. The Morgan fingerprint density at radius 2 is 0.833 bits per heavy atom. The molecule has 0 radical (unpaired) electrons. The van der Waals surface area contributed by atoms with Crippen LogP contribution >= 0.6 is 0 Å². The highest BCUT2D eigenvalue weighted by Crippen LogP contribution is 2.39. The van der Waals surface area contributed by atoms with Crippen molar-refractivity contribution in [1.29, 1.82) is 0 Å². The highest BCUT2D eigenvalue weighted by Gasteiger charge is 2.19. The van der Waals surface area contributed by atoms with Crippen molar-refractivity contribution >= 4 is 43.9 Å². The topological polar surface area (TPSA) is 51.6 Å². The fourth-order valence-corrected chi connectivity index (χ4v) is 5.83. The van der Waals surface area contributed by atoms with Crippen molar-refractivity contribution in [2.24, 2.45) is 0 Å². The van der Waals surface area contributed by atoms with Crippen LogP contribution in [0.4, 0.5) is 0 Å². The molecule has 0 amide bonds. The standard InChI is InChI=1S/C38H34N4/c1-37(2,3)25-15-11-23(12-16-25)29-21-31-32(22-30(29)24-13-17-26(18-14-24)38(4,5)6)42-36-28-10-8-20-40-34(28)33-27(35(36)41-31)9-7-19-39-33/h7-22H,1-6H3. The van der Waals surface area contributed by atoms with Crippen LogP contribution in [0, 0.1) is 0 Å². The molecule has 0 fully saturated rings. The molecule has 206 valence electrons. The molecule has 7 rings (SSSR count). The molecule has 3 heterocycles. The van der Waals surface area contributed by atoms with Crippen molar-refractivity contribution in [3.8, 4) is 22.3 Å². The number of rotatable bonds is 2. The van der Waals surface area contributed by atoms with E-state index in [1.807, 2.05) is 24.5 Å². The van der Waals surface area contributed by atoms with Crippen LogP contribution in [0.25, 0.3) is 66.1 Å². The van der Waals surface area contributed by atoms with Crippen LogP contribution in [-0.4, -0.2) is 19.9 Å². The van der Waals surface area contributed by atoms with Crippen LogP contribution in [0.5, 0.6) is 0 Å². The summed E-state index contributed by atoms with van der Waals surface area (Å²) in [6.07, 6.45) is 3.63. The summed E-state index contributed by atoms with van der Waals surface area (Å²) in [5, 5.41) is 1.93. The van der Waals surface area contributed by atoms with Gasteiger partial charge in [0.05, 0.1) is 33.1 Å². The Labute approximate surface area is 246 Å². The second kappa shape index (κ2) is 9.42. The molecular formula is C38H34N4. The fraction of sp³-hybridized carbons (Fsp3) is 0.211. The summed E-state index contributed by atoms with van der Waals surface area (Å²) < 4.78 is 0. The van der Waals surface area contributed by atoms with E-state index in [-0.39, 0.29) is 10.8 Å². The molecule has 0 bridgehead atoms. The van der Waals surface area contributed by atoms with Crippen molar-refractivity contribution < 1.29 is 0 Å². The van der Waals surface area contributed by atoms with Crippen molar-refractivity contribution in [2.75, 3.05) is 0 Å². The highest BCUT2D eigenvalue weighted by molar-refractivity contribution is 6.21. The number of pyridine rings is 2. The molecule has 0 N–H and O–H groups in total. The average Bonchev–Trinajstić information content (AvgIpc) is 2.99. The van der Waals surface area contributed by atoms with Crippen molar-refractivity contribution in [2.45, 2.75) is 52.4 Å². The molecule has 0 unspecified atom stereocenters. The quantitative estimate of drug-likeness (QED) is 0.160. The van der Waals surface area contributed by atoms with Gasteiger partial charge in [0.1, 0.15) is 0 Å². The van der Waals surface area contributed by atoms with E-state index >= 15 is 0 Å². The number of aromatic nitrogens is 4. The van der Waals surface area contributed by atoms with E-state index in [4.69, 9.17) is 9.97 Å². The summed E-state index contributed by atoms with van der Waals surface area (Å²) in [4.78, 5) is 19.9. The van der Waals surface area contributed by atoms with Crippen molar-refractivity contribution in [3.05, 3.63) is 108 Å². The van der Waals surface area contributed by atoms with Crippen LogP contribution in [-0.2, 0) is 10.8 Å². The number of benzene rings is 4. The lowest BCUT2D eigenvalue weighted by atomic mass is 9.84. The Morgan fingerprint density at radius 3 is 1.19 bits per heavy atom. The minimum atomic E-state index is 0.0879. The first-order chi connectivity index (χ1) is 20.1. The lowest BCUT2D eigenvalue weighted by molar-refractivity contribution is 0.590. The van der Waals surface area contributed by atoms with E-state index < -0.39 is 0 Å². The minimum absolute atomic E-state index is 0.0879. The van der Waals surface area contributed by atoms with E-state index in [1.165, 1.54) is 11.1 Å². The van der Waals surface area contributed by atoms with Crippen LogP contribution in [0.2, 0.25) is 0 Å². The maximum atomic E-state index is 5.25. The molecule has 0 aliphatic rings. The molecule has 3 aromatic heterocycles. The van der Waals surface area contributed by atoms with Gasteiger partial charge >= 0.3 is 0 Å². The molecule has 0 atom stereocenters. The number of hydrogen-bond donors (Lipinski definition) is 0. The molecule has 0 aliphatic heterocycles. The van der Waals surface area contributed by atoms with Gasteiger partial charge in [0.2, 0.25) is 0 Å². The van der Waals surface area contributed by atoms with Gasteiger partial charge in [-0.25, -0.2) is 9.97 Å². The second-order valence-electron chi connectivity index (χ2n) is 13.3. The van der Waals surface area contributed by atoms with E-state index in [9.17, 15) is 0 Å². The predicted molar refractivity (Wildman–Crippen MR) is 176 cm³/mol. The van der Waals surface area contributed by atoms with Gasteiger partial charge in [0.25, 0.3) is 0 Å². The lowest BCUT2D eigenvalue weighted by Crippen LogP contribution is -2.10. The molecule has 4 aromatic carbocycles. The zero-order valence-electron chi connectivity index (χ0n) is 25.0. The molecule has 0 aliphatic carbocycles. The molecule has 0 saturated carbocycles. The normalized spacial score (nSPS) is 12.5. The molecule has 0 saturated heterocycles. The summed E-state index contributed by atoms with van der Waals surface area (Å²) in [6.45, 7) is 13.5. The van der Waals surface area contributed by atoms with Gasteiger partial charge in [0.15, 0.2) is 0 Å². The van der Waals surface area contributed by atoms with Gasteiger partial charge in [-0.15, -0.1) is 0 Å². The fourth-order valence-electron chi connectivity index (χ4n) is 5.83. The first-order valence-electron chi connectivity index (χ1n) is 14.6. The summed E-state index contributed by atoms with van der Waals surface area (Å²) in [5.74, 6) is 0.